The van der Waals surface area contributed by atoms with E-state index in [9.17, 15) is 19.5 Å². The normalized spacial score (nSPS) is 13.5. The van der Waals surface area contributed by atoms with Gasteiger partial charge in [0, 0.05) is 0 Å². The second-order valence-corrected chi connectivity index (χ2v) is 6.73. The van der Waals surface area contributed by atoms with Crippen LogP contribution in [0.4, 0.5) is 4.79 Å². The highest BCUT2D eigenvalue weighted by molar-refractivity contribution is 5.89. The van der Waals surface area contributed by atoms with Crippen molar-refractivity contribution in [2.75, 3.05) is 6.61 Å². The average molecular weight is 394 g/mol. The van der Waals surface area contributed by atoms with Crippen LogP contribution in [0.3, 0.4) is 0 Å². The van der Waals surface area contributed by atoms with Crippen molar-refractivity contribution in [2.45, 2.75) is 38.6 Å². The minimum absolute atomic E-state index is 0.419. The summed E-state index contributed by atoms with van der Waals surface area (Å²) in [6, 6.07) is 5.28. The topological polar surface area (TPSA) is 171 Å². The van der Waals surface area contributed by atoms with Gasteiger partial charge in [-0.05, 0) is 38.1 Å². The van der Waals surface area contributed by atoms with Crippen molar-refractivity contribution in [1.82, 2.24) is 25.8 Å². The molecule has 2 aromatic rings. The van der Waals surface area contributed by atoms with E-state index in [4.69, 9.17) is 15.3 Å². The summed E-state index contributed by atoms with van der Waals surface area (Å²) < 4.78 is 4.98. The maximum Gasteiger partial charge on any atom is 0.409 e. The number of nitrogens with one attached hydrogen (secondary N) is 2. The van der Waals surface area contributed by atoms with Gasteiger partial charge in [-0.3, -0.25) is 10.1 Å². The first-order chi connectivity index (χ1) is 13.1. The molecule has 0 spiro atoms. The molecule has 0 radical (unpaired) electrons. The summed E-state index contributed by atoms with van der Waals surface area (Å²) in [5.74, 6) is -1.93. The number of aliphatic hydroxyl groups excluding tert-OH is 1. The number of aliphatic hydroxyl groups is 1. The minimum atomic E-state index is -1.51. The van der Waals surface area contributed by atoms with Crippen molar-refractivity contribution in [1.29, 1.82) is 0 Å². The van der Waals surface area contributed by atoms with E-state index >= 15 is 0 Å². The summed E-state index contributed by atoms with van der Waals surface area (Å²) in [7, 11) is 0. The van der Waals surface area contributed by atoms with Gasteiger partial charge in [0.15, 0.2) is 12.2 Å². The number of nitrogens with two attached hydrogens (primary N) is 1. The number of benzene rings is 1. The maximum atomic E-state index is 12.2. The van der Waals surface area contributed by atoms with E-state index in [2.05, 4.69) is 20.9 Å². The van der Waals surface area contributed by atoms with Gasteiger partial charge >= 0.3 is 12.1 Å². The standard InChI is InChI=1S/C16H22N6O6/c1-16(2,3)27-15(26)19-12(17)13(24)18-10(8-23)14(25)28-22-11-7-5-4-6-9(11)20-21-22/h4-7,10,12,23H,8,17H2,1-3H3,(H,18,24)(H,19,26). The Labute approximate surface area is 159 Å². The second kappa shape index (κ2) is 8.63. The number of rotatable bonds is 6. The number of ether oxygens (including phenoxy) is 1. The summed E-state index contributed by atoms with van der Waals surface area (Å²) in [5.41, 5.74) is 5.69. The lowest BCUT2D eigenvalue weighted by atomic mass is 10.2. The molecule has 2 amide bonds. The van der Waals surface area contributed by atoms with Gasteiger partial charge < -0.3 is 25.7 Å². The van der Waals surface area contributed by atoms with Gasteiger partial charge in [-0.2, -0.15) is 0 Å². The summed E-state index contributed by atoms with van der Waals surface area (Å²) >= 11 is 0. The van der Waals surface area contributed by atoms with Gasteiger partial charge in [-0.15, -0.1) is 5.10 Å². The molecule has 2 unspecified atom stereocenters. The lowest BCUT2D eigenvalue weighted by Crippen LogP contribution is -2.57. The number of para-hydroxylation sites is 1. The van der Waals surface area contributed by atoms with Crippen LogP contribution in [0.5, 0.6) is 0 Å². The molecule has 2 atom stereocenters. The first-order valence-corrected chi connectivity index (χ1v) is 8.29. The molecule has 1 heterocycles. The lowest BCUT2D eigenvalue weighted by molar-refractivity contribution is -0.150. The fourth-order valence-corrected chi connectivity index (χ4v) is 2.00. The largest absolute Gasteiger partial charge is 0.444 e. The fourth-order valence-electron chi connectivity index (χ4n) is 2.00. The van der Waals surface area contributed by atoms with E-state index in [1.54, 1.807) is 45.0 Å². The third kappa shape index (κ3) is 5.62. The molecule has 0 aliphatic rings. The highest BCUT2D eigenvalue weighted by atomic mass is 16.7. The number of amides is 2. The molecule has 0 bridgehead atoms. The second-order valence-electron chi connectivity index (χ2n) is 6.73. The SMILES string of the molecule is CC(C)(C)OC(=O)NC(N)C(=O)NC(CO)C(=O)On1nnc2ccccc21. The van der Waals surface area contributed by atoms with Crippen LogP contribution >= 0.6 is 0 Å². The van der Waals surface area contributed by atoms with E-state index in [0.717, 1.165) is 4.85 Å². The first-order valence-electron chi connectivity index (χ1n) is 8.29. The number of hydrogen-bond acceptors (Lipinski definition) is 9. The molecule has 0 fully saturated rings. The Balaban J connectivity index is 1.95. The average Bonchev–Trinajstić information content (AvgIpc) is 3.00. The Kier molecular flexibility index (Phi) is 6.49. The molecule has 12 heteroatoms. The number of fused-ring (bicyclic) bond motifs is 1. The van der Waals surface area contributed by atoms with E-state index < -0.39 is 42.4 Å². The van der Waals surface area contributed by atoms with Crippen molar-refractivity contribution in [2.24, 2.45) is 5.73 Å². The summed E-state index contributed by atoms with van der Waals surface area (Å²) in [5, 5.41) is 21.2. The molecule has 28 heavy (non-hydrogen) atoms. The van der Waals surface area contributed by atoms with E-state index in [-0.39, 0.29) is 0 Å². The first kappa shape index (κ1) is 21.1. The Morgan fingerprint density at radius 2 is 1.93 bits per heavy atom. The predicted molar refractivity (Wildman–Crippen MR) is 95.5 cm³/mol. The van der Waals surface area contributed by atoms with Crippen LogP contribution in [0.1, 0.15) is 20.8 Å². The molecule has 152 valence electrons. The highest BCUT2D eigenvalue weighted by Gasteiger charge is 2.27. The van der Waals surface area contributed by atoms with Crippen LogP contribution in [0.25, 0.3) is 11.0 Å². The zero-order valence-electron chi connectivity index (χ0n) is 15.6. The van der Waals surface area contributed by atoms with Gasteiger partial charge in [0.25, 0.3) is 5.91 Å². The quantitative estimate of drug-likeness (QED) is 0.342. The van der Waals surface area contributed by atoms with Crippen LogP contribution in [-0.2, 0) is 14.3 Å². The molecular formula is C16H22N6O6. The number of carbonyl (C=O) groups excluding carboxylic acids is 3. The molecule has 5 N–H and O–H groups in total. The molecule has 1 aromatic carbocycles. The van der Waals surface area contributed by atoms with Crippen molar-refractivity contribution in [3.8, 4) is 0 Å². The zero-order valence-corrected chi connectivity index (χ0v) is 15.6. The molecule has 2 rings (SSSR count). The van der Waals surface area contributed by atoms with Gasteiger partial charge in [-0.1, -0.05) is 17.0 Å². The highest BCUT2D eigenvalue weighted by Crippen LogP contribution is 2.08. The Morgan fingerprint density at radius 3 is 2.57 bits per heavy atom. The monoisotopic (exact) mass is 394 g/mol. The summed E-state index contributed by atoms with van der Waals surface area (Å²) in [6.07, 6.45) is -2.42. The van der Waals surface area contributed by atoms with Gasteiger partial charge in [0.2, 0.25) is 0 Å². The van der Waals surface area contributed by atoms with Crippen LogP contribution in [-0.4, -0.2) is 62.6 Å². The summed E-state index contributed by atoms with van der Waals surface area (Å²) in [4.78, 5) is 41.8. The fraction of sp³-hybridized carbons (Fsp3) is 0.438. The molecular weight excluding hydrogens is 372 g/mol. The Bertz CT molecular complexity index is 861. The predicted octanol–water partition coefficient (Wildman–Crippen LogP) is -1.33. The van der Waals surface area contributed by atoms with Crippen molar-refractivity contribution in [3.63, 3.8) is 0 Å². The minimum Gasteiger partial charge on any atom is -0.444 e. The molecule has 0 saturated heterocycles. The van der Waals surface area contributed by atoms with Crippen LogP contribution in [0, 0.1) is 0 Å². The van der Waals surface area contributed by atoms with Crippen LogP contribution in [0.2, 0.25) is 0 Å². The Hall–Kier alpha value is -3.25. The van der Waals surface area contributed by atoms with E-state index in [1.807, 2.05) is 0 Å². The van der Waals surface area contributed by atoms with Crippen molar-refractivity contribution < 1.29 is 29.1 Å². The molecule has 0 saturated carbocycles. The molecule has 0 aliphatic carbocycles. The number of carbonyl (C=O) groups is 3. The zero-order chi connectivity index (χ0) is 20.9. The third-order valence-corrected chi connectivity index (χ3v) is 3.24. The van der Waals surface area contributed by atoms with Crippen molar-refractivity contribution in [3.05, 3.63) is 24.3 Å². The van der Waals surface area contributed by atoms with Gasteiger partial charge in [0.1, 0.15) is 16.6 Å². The number of alkyl carbamates (subject to hydrolysis) is 1. The van der Waals surface area contributed by atoms with E-state index in [0.29, 0.717) is 11.0 Å². The van der Waals surface area contributed by atoms with Gasteiger partial charge in [0.05, 0.1) is 6.61 Å². The maximum absolute atomic E-state index is 12.2. The molecule has 0 aliphatic heterocycles. The number of aromatic nitrogens is 3. The van der Waals surface area contributed by atoms with Crippen LogP contribution in [0.15, 0.2) is 24.3 Å². The Morgan fingerprint density at radius 1 is 1.25 bits per heavy atom. The van der Waals surface area contributed by atoms with Crippen molar-refractivity contribution >= 4 is 29.0 Å². The third-order valence-electron chi connectivity index (χ3n) is 3.24. The van der Waals surface area contributed by atoms with Gasteiger partial charge in [-0.25, -0.2) is 9.59 Å². The molecule has 1 aromatic heterocycles. The molecule has 12 nitrogen and oxygen atoms in total. The smallest absolute Gasteiger partial charge is 0.409 e. The number of nitrogens with zero attached hydrogens (tertiary/aromatic N) is 3. The number of hydrogen-bond donors (Lipinski definition) is 4. The van der Waals surface area contributed by atoms with Crippen LogP contribution < -0.4 is 21.2 Å². The lowest BCUT2D eigenvalue weighted by Gasteiger charge is -2.22. The summed E-state index contributed by atoms with van der Waals surface area (Å²) in [6.45, 7) is 4.16. The van der Waals surface area contributed by atoms with E-state index in [1.165, 1.54) is 0 Å².